The quantitative estimate of drug-likeness (QED) is 0.405. The fourth-order valence-electron chi connectivity index (χ4n) is 2.92. The number of benzene rings is 2. The number of amides is 2. The lowest BCUT2D eigenvalue weighted by Gasteiger charge is -2.13. The molecule has 0 aliphatic carbocycles. The number of carbonyl (C=O) groups is 1. The van der Waals surface area contributed by atoms with Gasteiger partial charge in [0, 0.05) is 34.4 Å². The average Bonchev–Trinajstić information content (AvgIpc) is 3.24. The fraction of sp³-hybridized carbons (Fsp3) is 0.333. The Balaban J connectivity index is 1.47. The van der Waals surface area contributed by atoms with Crippen LogP contribution in [0.25, 0.3) is 11.5 Å². The van der Waals surface area contributed by atoms with Crippen molar-refractivity contribution in [2.45, 2.75) is 43.8 Å². The van der Waals surface area contributed by atoms with Gasteiger partial charge in [0.2, 0.25) is 5.89 Å². The SMILES string of the molecule is CCC(C)Sc1ccc(NC(=O)NCCc2coc(-c3ccc(OC)cc3)n2)c(C)c1. The molecule has 3 rings (SSSR count). The molecular formula is C24H29N3O3S. The Labute approximate surface area is 187 Å². The molecular weight excluding hydrogens is 410 g/mol. The van der Waals surface area contributed by atoms with Crippen LogP contribution in [0.2, 0.25) is 0 Å². The second-order valence-corrected chi connectivity index (χ2v) is 8.83. The first-order chi connectivity index (χ1) is 15.0. The van der Waals surface area contributed by atoms with Gasteiger partial charge in [0.25, 0.3) is 0 Å². The van der Waals surface area contributed by atoms with E-state index in [2.05, 4.69) is 41.6 Å². The molecule has 0 saturated carbocycles. The summed E-state index contributed by atoms with van der Waals surface area (Å²) in [6, 6.07) is 13.4. The lowest BCUT2D eigenvalue weighted by atomic mass is 10.2. The minimum Gasteiger partial charge on any atom is -0.497 e. The summed E-state index contributed by atoms with van der Waals surface area (Å²) in [4.78, 5) is 18.0. The first-order valence-electron chi connectivity index (χ1n) is 10.4. The number of aryl methyl sites for hydroxylation is 1. The van der Waals surface area contributed by atoms with Crippen LogP contribution in [0.3, 0.4) is 0 Å². The second-order valence-electron chi connectivity index (χ2n) is 7.32. The van der Waals surface area contributed by atoms with E-state index in [9.17, 15) is 4.79 Å². The van der Waals surface area contributed by atoms with Gasteiger partial charge >= 0.3 is 6.03 Å². The van der Waals surface area contributed by atoms with Gasteiger partial charge in [0.05, 0.1) is 12.8 Å². The zero-order chi connectivity index (χ0) is 22.2. The molecule has 1 heterocycles. The van der Waals surface area contributed by atoms with Gasteiger partial charge in [0.15, 0.2) is 0 Å². The summed E-state index contributed by atoms with van der Waals surface area (Å²) in [7, 11) is 1.63. The van der Waals surface area contributed by atoms with E-state index < -0.39 is 0 Å². The summed E-state index contributed by atoms with van der Waals surface area (Å²) < 4.78 is 10.7. The van der Waals surface area contributed by atoms with E-state index in [1.807, 2.05) is 49.0 Å². The van der Waals surface area contributed by atoms with Crippen LogP contribution in [-0.4, -0.2) is 29.9 Å². The number of urea groups is 1. The number of aromatic nitrogens is 1. The number of ether oxygens (including phenoxy) is 1. The number of hydrogen-bond acceptors (Lipinski definition) is 5. The van der Waals surface area contributed by atoms with E-state index >= 15 is 0 Å². The van der Waals surface area contributed by atoms with E-state index in [4.69, 9.17) is 9.15 Å². The second kappa shape index (κ2) is 10.9. The lowest BCUT2D eigenvalue weighted by molar-refractivity contribution is 0.252. The van der Waals surface area contributed by atoms with Crippen molar-refractivity contribution >= 4 is 23.5 Å². The van der Waals surface area contributed by atoms with E-state index in [0.717, 1.165) is 34.7 Å². The third-order valence-corrected chi connectivity index (χ3v) is 6.18. The zero-order valence-electron chi connectivity index (χ0n) is 18.4. The lowest BCUT2D eigenvalue weighted by Crippen LogP contribution is -2.30. The fourth-order valence-corrected chi connectivity index (χ4v) is 3.95. The molecule has 2 amide bonds. The molecule has 1 aromatic heterocycles. The first-order valence-corrected chi connectivity index (χ1v) is 11.3. The highest BCUT2D eigenvalue weighted by molar-refractivity contribution is 7.99. The maximum absolute atomic E-state index is 12.3. The van der Waals surface area contributed by atoms with Crippen LogP contribution in [0, 0.1) is 6.92 Å². The number of nitrogens with zero attached hydrogens (tertiary/aromatic N) is 1. The van der Waals surface area contributed by atoms with Gasteiger partial charge in [-0.1, -0.05) is 13.8 Å². The number of thioether (sulfide) groups is 1. The topological polar surface area (TPSA) is 76.4 Å². The standard InChI is InChI=1S/C24H29N3O3S/c1-5-17(3)31-21-10-11-22(16(2)14-21)27-24(28)25-13-12-19-15-30-23(26-19)18-6-8-20(29-4)9-7-18/h6-11,14-15,17H,5,12-13H2,1-4H3,(H2,25,27,28). The van der Waals surface area contributed by atoms with Crippen molar-refractivity contribution < 1.29 is 13.9 Å². The molecule has 0 aliphatic heterocycles. The minimum atomic E-state index is -0.232. The molecule has 0 fully saturated rings. The van der Waals surface area contributed by atoms with Crippen LogP contribution >= 0.6 is 11.8 Å². The summed E-state index contributed by atoms with van der Waals surface area (Å²) in [5.74, 6) is 1.33. The number of nitrogens with one attached hydrogen (secondary N) is 2. The number of hydrogen-bond donors (Lipinski definition) is 2. The van der Waals surface area contributed by atoms with Gasteiger partial charge in [-0.3, -0.25) is 0 Å². The third-order valence-electron chi connectivity index (χ3n) is 4.91. The van der Waals surface area contributed by atoms with Gasteiger partial charge in [-0.2, -0.15) is 0 Å². The predicted octanol–water partition coefficient (Wildman–Crippen LogP) is 5.91. The summed E-state index contributed by atoms with van der Waals surface area (Å²) in [6.07, 6.45) is 3.33. The third kappa shape index (κ3) is 6.52. The highest BCUT2D eigenvalue weighted by atomic mass is 32.2. The van der Waals surface area contributed by atoms with Gasteiger partial charge in [0.1, 0.15) is 12.0 Å². The monoisotopic (exact) mass is 439 g/mol. The summed E-state index contributed by atoms with van der Waals surface area (Å²) in [6.45, 7) is 6.87. The van der Waals surface area contributed by atoms with Crippen molar-refractivity contribution in [2.75, 3.05) is 19.0 Å². The molecule has 1 unspecified atom stereocenters. The highest BCUT2D eigenvalue weighted by Gasteiger charge is 2.09. The number of rotatable bonds is 9. The van der Waals surface area contributed by atoms with Crippen LogP contribution in [-0.2, 0) is 6.42 Å². The molecule has 0 radical (unpaired) electrons. The Kier molecular flexibility index (Phi) is 8.00. The van der Waals surface area contributed by atoms with Gasteiger partial charge < -0.3 is 19.8 Å². The highest BCUT2D eigenvalue weighted by Crippen LogP contribution is 2.28. The van der Waals surface area contributed by atoms with Crippen LogP contribution in [0.1, 0.15) is 31.5 Å². The predicted molar refractivity (Wildman–Crippen MR) is 126 cm³/mol. The molecule has 0 spiro atoms. The number of oxazole rings is 1. The van der Waals surface area contributed by atoms with Crippen molar-refractivity contribution in [3.8, 4) is 17.2 Å². The molecule has 2 aromatic carbocycles. The Morgan fingerprint density at radius 3 is 2.68 bits per heavy atom. The van der Waals surface area contributed by atoms with E-state index in [1.165, 1.54) is 4.90 Å². The molecule has 31 heavy (non-hydrogen) atoms. The summed E-state index contributed by atoms with van der Waals surface area (Å²) in [5.41, 5.74) is 3.52. The van der Waals surface area contributed by atoms with Gasteiger partial charge in [-0.15, -0.1) is 11.8 Å². The van der Waals surface area contributed by atoms with Crippen molar-refractivity contribution in [1.29, 1.82) is 0 Å². The van der Waals surface area contributed by atoms with Crippen LogP contribution in [0.5, 0.6) is 5.75 Å². The minimum absolute atomic E-state index is 0.232. The zero-order valence-corrected chi connectivity index (χ0v) is 19.2. The normalized spacial score (nSPS) is 11.7. The molecule has 7 heteroatoms. The molecule has 0 saturated heterocycles. The molecule has 3 aromatic rings. The molecule has 164 valence electrons. The van der Waals surface area contributed by atoms with E-state index in [1.54, 1.807) is 13.4 Å². The van der Waals surface area contributed by atoms with Crippen LogP contribution < -0.4 is 15.4 Å². The van der Waals surface area contributed by atoms with Gasteiger partial charge in [-0.25, -0.2) is 9.78 Å². The van der Waals surface area contributed by atoms with Crippen molar-refractivity contribution in [3.63, 3.8) is 0 Å². The number of methoxy groups -OCH3 is 1. The molecule has 1 atom stereocenters. The maximum Gasteiger partial charge on any atom is 0.319 e. The van der Waals surface area contributed by atoms with Crippen molar-refractivity contribution in [2.24, 2.45) is 0 Å². The maximum atomic E-state index is 12.3. The Hall–Kier alpha value is -2.93. The largest absolute Gasteiger partial charge is 0.497 e. The van der Waals surface area contributed by atoms with Crippen LogP contribution in [0.4, 0.5) is 10.5 Å². The number of carbonyl (C=O) groups excluding carboxylic acids is 1. The molecule has 0 aliphatic rings. The first kappa shape index (κ1) is 22.7. The van der Waals surface area contributed by atoms with Crippen molar-refractivity contribution in [1.82, 2.24) is 10.3 Å². The smallest absolute Gasteiger partial charge is 0.319 e. The van der Waals surface area contributed by atoms with E-state index in [0.29, 0.717) is 24.1 Å². The average molecular weight is 440 g/mol. The molecule has 2 N–H and O–H groups in total. The van der Waals surface area contributed by atoms with Crippen LogP contribution in [0.15, 0.2) is 58.0 Å². The van der Waals surface area contributed by atoms with E-state index in [-0.39, 0.29) is 6.03 Å². The Morgan fingerprint density at radius 1 is 1.23 bits per heavy atom. The number of anilines is 1. The Bertz CT molecular complexity index is 1000. The van der Waals surface area contributed by atoms with Crippen molar-refractivity contribution in [3.05, 3.63) is 60.0 Å². The summed E-state index contributed by atoms with van der Waals surface area (Å²) >= 11 is 1.85. The summed E-state index contributed by atoms with van der Waals surface area (Å²) in [5, 5.41) is 6.36. The molecule has 0 bridgehead atoms. The Morgan fingerprint density at radius 2 is 2.00 bits per heavy atom. The molecule has 6 nitrogen and oxygen atoms in total. The van der Waals surface area contributed by atoms with Gasteiger partial charge in [-0.05, 0) is 61.4 Å².